The topological polar surface area (TPSA) is 57.0 Å². The smallest absolute Gasteiger partial charge is 0.152 e. The van der Waals surface area contributed by atoms with E-state index in [1.54, 1.807) is 25.6 Å². The van der Waals surface area contributed by atoms with E-state index in [4.69, 9.17) is 4.74 Å². The molecule has 0 aliphatic rings. The predicted molar refractivity (Wildman–Crippen MR) is 58.0 cm³/mol. The number of carbonyl (C=O) groups is 1. The number of rotatable bonds is 3. The fourth-order valence-electron chi connectivity index (χ4n) is 1.52. The van der Waals surface area contributed by atoms with E-state index >= 15 is 0 Å². The lowest BCUT2D eigenvalue weighted by atomic mass is 10.1. The summed E-state index contributed by atoms with van der Waals surface area (Å²) < 4.78 is 5.15. The molecule has 0 aliphatic heterocycles. The Kier molecular flexibility index (Phi) is 2.68. The van der Waals surface area contributed by atoms with Gasteiger partial charge < -0.3 is 4.74 Å². The Morgan fingerprint density at radius 2 is 2.00 bits per heavy atom. The molecule has 0 bridgehead atoms. The maximum atomic E-state index is 11.0. The van der Waals surface area contributed by atoms with Gasteiger partial charge in [-0.3, -0.25) is 4.79 Å². The van der Waals surface area contributed by atoms with Crippen molar-refractivity contribution in [3.05, 3.63) is 35.7 Å². The Labute approximate surface area is 92.7 Å². The number of aryl methyl sites for hydroxylation is 1. The van der Waals surface area contributed by atoms with Gasteiger partial charge in [-0.05, 0) is 24.6 Å². The van der Waals surface area contributed by atoms with Crippen molar-refractivity contribution in [3.63, 3.8) is 0 Å². The number of hydrogen-bond donors (Lipinski definition) is 0. The first kappa shape index (κ1) is 10.4. The van der Waals surface area contributed by atoms with Gasteiger partial charge in [-0.2, -0.15) is 15.0 Å². The van der Waals surface area contributed by atoms with Crippen LogP contribution in [0.5, 0.6) is 5.75 Å². The van der Waals surface area contributed by atoms with E-state index in [1.165, 1.54) is 4.80 Å². The van der Waals surface area contributed by atoms with Gasteiger partial charge in [0.25, 0.3) is 0 Å². The molecule has 2 rings (SSSR count). The van der Waals surface area contributed by atoms with Gasteiger partial charge in [-0.25, -0.2) is 0 Å². The van der Waals surface area contributed by atoms with Crippen LogP contribution in [-0.2, 0) is 0 Å². The molecule has 1 aromatic carbocycles. The Morgan fingerprint density at radius 3 is 2.56 bits per heavy atom. The maximum absolute atomic E-state index is 11.0. The fourth-order valence-corrected chi connectivity index (χ4v) is 1.52. The molecule has 0 saturated carbocycles. The third-order valence-corrected chi connectivity index (χ3v) is 2.31. The lowest BCUT2D eigenvalue weighted by Gasteiger charge is -2.09. The van der Waals surface area contributed by atoms with E-state index in [0.717, 1.165) is 11.8 Å². The summed E-state index contributed by atoms with van der Waals surface area (Å²) in [4.78, 5) is 12.4. The van der Waals surface area contributed by atoms with Gasteiger partial charge >= 0.3 is 0 Å². The summed E-state index contributed by atoms with van der Waals surface area (Å²) in [5.74, 6) is 0.679. The van der Waals surface area contributed by atoms with Gasteiger partial charge in [0.15, 0.2) is 6.29 Å². The van der Waals surface area contributed by atoms with Gasteiger partial charge in [-0.1, -0.05) is 0 Å². The Bertz CT molecular complexity index is 506. The molecule has 1 aromatic heterocycles. The van der Waals surface area contributed by atoms with Crippen molar-refractivity contribution in [2.45, 2.75) is 6.92 Å². The van der Waals surface area contributed by atoms with E-state index in [-0.39, 0.29) is 0 Å². The van der Waals surface area contributed by atoms with Crippen LogP contribution in [-0.4, -0.2) is 28.4 Å². The molecule has 0 saturated heterocycles. The number of aldehydes is 1. The quantitative estimate of drug-likeness (QED) is 0.729. The van der Waals surface area contributed by atoms with Crippen LogP contribution >= 0.6 is 0 Å². The van der Waals surface area contributed by atoms with Crippen LogP contribution in [0.15, 0.2) is 24.5 Å². The van der Waals surface area contributed by atoms with Gasteiger partial charge in [0.05, 0.1) is 25.2 Å². The van der Waals surface area contributed by atoms with Crippen LogP contribution in [0.1, 0.15) is 15.9 Å². The lowest BCUT2D eigenvalue weighted by molar-refractivity contribution is 0.112. The van der Waals surface area contributed by atoms with Crippen molar-refractivity contribution in [2.24, 2.45) is 0 Å². The number of nitrogens with zero attached hydrogens (tertiary/aromatic N) is 3. The molecule has 0 atom stereocenters. The molecule has 0 amide bonds. The molecule has 0 spiro atoms. The zero-order valence-corrected chi connectivity index (χ0v) is 9.04. The summed E-state index contributed by atoms with van der Waals surface area (Å²) in [5.41, 5.74) is 2.08. The molecular weight excluding hydrogens is 206 g/mol. The average molecular weight is 217 g/mol. The summed E-state index contributed by atoms with van der Waals surface area (Å²) in [5, 5.41) is 8.00. The van der Waals surface area contributed by atoms with E-state index in [2.05, 4.69) is 10.2 Å². The van der Waals surface area contributed by atoms with Gasteiger partial charge in [-0.15, -0.1) is 0 Å². The molecule has 0 fully saturated rings. The van der Waals surface area contributed by atoms with Crippen LogP contribution in [0, 0.1) is 6.92 Å². The zero-order chi connectivity index (χ0) is 11.5. The first-order chi connectivity index (χ1) is 7.76. The Hall–Kier alpha value is -2.17. The minimum Gasteiger partial charge on any atom is -0.496 e. The highest BCUT2D eigenvalue weighted by atomic mass is 16.5. The summed E-state index contributed by atoms with van der Waals surface area (Å²) in [6.45, 7) is 1.90. The Balaban J connectivity index is 2.61. The fraction of sp³-hybridized carbons (Fsp3) is 0.182. The highest BCUT2D eigenvalue weighted by Crippen LogP contribution is 2.23. The molecule has 82 valence electrons. The number of benzene rings is 1. The van der Waals surface area contributed by atoms with E-state index < -0.39 is 0 Å². The van der Waals surface area contributed by atoms with E-state index in [9.17, 15) is 4.79 Å². The van der Waals surface area contributed by atoms with E-state index in [0.29, 0.717) is 17.0 Å². The first-order valence-electron chi connectivity index (χ1n) is 4.76. The summed E-state index contributed by atoms with van der Waals surface area (Å²) in [6.07, 6.45) is 3.89. The largest absolute Gasteiger partial charge is 0.496 e. The predicted octanol–water partition coefficient (Wildman–Crippen LogP) is 1.40. The summed E-state index contributed by atoms with van der Waals surface area (Å²) in [7, 11) is 1.57. The van der Waals surface area contributed by atoms with Crippen LogP contribution in [0.25, 0.3) is 5.69 Å². The third-order valence-electron chi connectivity index (χ3n) is 2.31. The van der Waals surface area contributed by atoms with Crippen molar-refractivity contribution in [3.8, 4) is 11.4 Å². The number of carbonyl (C=O) groups excluding carboxylic acids is 1. The molecular formula is C11H11N3O2. The molecule has 1 heterocycles. The lowest BCUT2D eigenvalue weighted by Crippen LogP contribution is -2.04. The van der Waals surface area contributed by atoms with Crippen LogP contribution in [0.3, 0.4) is 0 Å². The van der Waals surface area contributed by atoms with Gasteiger partial charge in [0.1, 0.15) is 5.75 Å². The molecule has 0 N–H and O–H groups in total. The number of methoxy groups -OCH3 is 1. The zero-order valence-electron chi connectivity index (χ0n) is 9.04. The van der Waals surface area contributed by atoms with Crippen molar-refractivity contribution >= 4 is 6.29 Å². The number of ether oxygens (including phenoxy) is 1. The maximum Gasteiger partial charge on any atom is 0.152 e. The molecule has 0 radical (unpaired) electrons. The highest BCUT2D eigenvalue weighted by Gasteiger charge is 2.09. The minimum absolute atomic E-state index is 0.499. The van der Waals surface area contributed by atoms with E-state index in [1.807, 2.05) is 13.0 Å². The van der Waals surface area contributed by atoms with Crippen molar-refractivity contribution < 1.29 is 9.53 Å². The third kappa shape index (κ3) is 1.67. The molecule has 0 aliphatic carbocycles. The molecule has 16 heavy (non-hydrogen) atoms. The standard InChI is InChI=1S/C11H11N3O2/c1-8-5-10(14-12-3-4-13-14)9(7-15)6-11(8)16-2/h3-7H,1-2H3. The minimum atomic E-state index is 0.499. The molecule has 5 heteroatoms. The molecule has 5 nitrogen and oxygen atoms in total. The second-order valence-corrected chi connectivity index (χ2v) is 3.32. The number of hydrogen-bond acceptors (Lipinski definition) is 4. The second-order valence-electron chi connectivity index (χ2n) is 3.32. The van der Waals surface area contributed by atoms with Crippen molar-refractivity contribution in [1.82, 2.24) is 15.0 Å². The Morgan fingerprint density at radius 1 is 1.31 bits per heavy atom. The van der Waals surface area contributed by atoms with Crippen LogP contribution in [0.4, 0.5) is 0 Å². The van der Waals surface area contributed by atoms with Crippen molar-refractivity contribution in [2.75, 3.05) is 7.11 Å². The summed E-state index contributed by atoms with van der Waals surface area (Å²) >= 11 is 0. The van der Waals surface area contributed by atoms with Crippen molar-refractivity contribution in [1.29, 1.82) is 0 Å². The molecule has 2 aromatic rings. The SMILES string of the molecule is COc1cc(C=O)c(-n2nccn2)cc1C. The van der Waals surface area contributed by atoms with Crippen LogP contribution in [0.2, 0.25) is 0 Å². The first-order valence-corrected chi connectivity index (χ1v) is 4.76. The second kappa shape index (κ2) is 4.14. The van der Waals surface area contributed by atoms with Gasteiger partial charge in [0, 0.05) is 5.56 Å². The van der Waals surface area contributed by atoms with Gasteiger partial charge in [0.2, 0.25) is 0 Å². The summed E-state index contributed by atoms with van der Waals surface area (Å²) in [6, 6.07) is 3.50. The number of aromatic nitrogens is 3. The highest BCUT2D eigenvalue weighted by molar-refractivity contribution is 5.82. The average Bonchev–Trinajstić information content (AvgIpc) is 2.82. The molecule has 0 unspecified atom stereocenters. The monoisotopic (exact) mass is 217 g/mol. The normalized spacial score (nSPS) is 10.1. The van der Waals surface area contributed by atoms with Crippen LogP contribution < -0.4 is 4.74 Å².